The van der Waals surface area contributed by atoms with Gasteiger partial charge in [-0.2, -0.15) is 0 Å². The number of hydrogen-bond acceptors (Lipinski definition) is 3. The molecule has 0 saturated heterocycles. The molecule has 4 aliphatic carbocycles. The predicted octanol–water partition coefficient (Wildman–Crippen LogP) is 4.53. The Bertz CT molecular complexity index is 555. The van der Waals surface area contributed by atoms with Gasteiger partial charge in [-0.05, 0) is 79.4 Å². The minimum atomic E-state index is -0.129. The molecule has 0 aliphatic heterocycles. The molecule has 0 bridgehead atoms. The van der Waals surface area contributed by atoms with Crippen LogP contribution in [0.5, 0.6) is 0 Å². The smallest absolute Gasteiger partial charge is 0.302 e. The zero-order valence-electron chi connectivity index (χ0n) is 15.5. The summed E-state index contributed by atoms with van der Waals surface area (Å²) in [5.74, 6) is 3.23. The van der Waals surface area contributed by atoms with Crippen LogP contribution < -0.4 is 0 Å². The lowest BCUT2D eigenvalue weighted by Gasteiger charge is -2.60. The Kier molecular flexibility index (Phi) is 3.85. The highest BCUT2D eigenvalue weighted by molar-refractivity contribution is 5.82. The summed E-state index contributed by atoms with van der Waals surface area (Å²) in [5.41, 5.74) is 0.683. The molecule has 0 spiro atoms. The fourth-order valence-electron chi connectivity index (χ4n) is 7.34. The van der Waals surface area contributed by atoms with Crippen LogP contribution in [-0.4, -0.2) is 17.9 Å². The van der Waals surface area contributed by atoms with Crippen molar-refractivity contribution in [3.05, 3.63) is 0 Å². The van der Waals surface area contributed by atoms with Crippen molar-refractivity contribution in [2.45, 2.75) is 84.7 Å². The molecule has 0 unspecified atom stereocenters. The van der Waals surface area contributed by atoms with E-state index in [4.69, 9.17) is 4.74 Å². The van der Waals surface area contributed by atoms with E-state index in [1.165, 1.54) is 39.0 Å². The highest BCUT2D eigenvalue weighted by Crippen LogP contribution is 2.65. The number of fused-ring (bicyclic) bond motifs is 5. The minimum absolute atomic E-state index is 0.129. The molecule has 0 aromatic heterocycles. The van der Waals surface area contributed by atoms with Crippen LogP contribution >= 0.6 is 0 Å². The summed E-state index contributed by atoms with van der Waals surface area (Å²) in [5, 5.41) is 0. The van der Waals surface area contributed by atoms with Gasteiger partial charge in [-0.3, -0.25) is 9.59 Å². The second-order valence-corrected chi connectivity index (χ2v) is 9.78. The molecule has 0 N–H and O–H groups in total. The fourth-order valence-corrected chi connectivity index (χ4v) is 7.34. The molecule has 7 atom stereocenters. The van der Waals surface area contributed by atoms with Crippen LogP contribution in [0.1, 0.15) is 78.6 Å². The normalized spacial score (nSPS) is 50.6. The topological polar surface area (TPSA) is 43.4 Å². The number of hydrogen-bond donors (Lipinski definition) is 0. The van der Waals surface area contributed by atoms with Crippen LogP contribution in [-0.2, 0) is 14.3 Å². The van der Waals surface area contributed by atoms with Crippen molar-refractivity contribution in [1.82, 2.24) is 0 Å². The number of ketones is 1. The van der Waals surface area contributed by atoms with E-state index in [9.17, 15) is 9.59 Å². The number of ether oxygens (including phenoxy) is 1. The molecule has 0 heterocycles. The molecule has 0 radical (unpaired) electrons. The third kappa shape index (κ3) is 2.45. The summed E-state index contributed by atoms with van der Waals surface area (Å²) in [6, 6.07) is 0. The van der Waals surface area contributed by atoms with Crippen molar-refractivity contribution < 1.29 is 14.3 Å². The SMILES string of the molecule is CC(=O)O[C@@H]1CC[C@@]2(C)[C@@H](CC[C@@H]3[C@H]4CC(=O)C[C@@]4(C)CC[C@H]32)C1. The molecule has 4 saturated carbocycles. The Hall–Kier alpha value is -0.860. The zero-order chi connectivity index (χ0) is 17.1. The molecule has 134 valence electrons. The van der Waals surface area contributed by atoms with Gasteiger partial charge in [-0.15, -0.1) is 0 Å². The molecule has 3 nitrogen and oxygen atoms in total. The van der Waals surface area contributed by atoms with Crippen molar-refractivity contribution in [1.29, 1.82) is 0 Å². The number of esters is 1. The predicted molar refractivity (Wildman–Crippen MR) is 92.3 cm³/mol. The summed E-state index contributed by atoms with van der Waals surface area (Å²) in [6.07, 6.45) is 10.2. The summed E-state index contributed by atoms with van der Waals surface area (Å²) >= 11 is 0. The summed E-state index contributed by atoms with van der Waals surface area (Å²) in [7, 11) is 0. The largest absolute Gasteiger partial charge is 0.463 e. The maximum absolute atomic E-state index is 12.1. The first kappa shape index (κ1) is 16.6. The van der Waals surface area contributed by atoms with Crippen molar-refractivity contribution >= 4 is 11.8 Å². The van der Waals surface area contributed by atoms with E-state index < -0.39 is 0 Å². The highest BCUT2D eigenvalue weighted by Gasteiger charge is 2.59. The number of carbonyl (C=O) groups is 2. The van der Waals surface area contributed by atoms with Gasteiger partial charge >= 0.3 is 5.97 Å². The third-order valence-corrected chi connectivity index (χ3v) is 8.52. The van der Waals surface area contributed by atoms with Gasteiger partial charge in [0.1, 0.15) is 11.9 Å². The van der Waals surface area contributed by atoms with Crippen LogP contribution in [0.25, 0.3) is 0 Å². The molecule has 4 rings (SSSR count). The molecule has 0 amide bonds. The zero-order valence-corrected chi connectivity index (χ0v) is 15.5. The van der Waals surface area contributed by atoms with Gasteiger partial charge in [0.2, 0.25) is 0 Å². The molecule has 0 aromatic carbocycles. The molecule has 24 heavy (non-hydrogen) atoms. The van der Waals surface area contributed by atoms with Crippen LogP contribution in [0.4, 0.5) is 0 Å². The number of rotatable bonds is 1. The fraction of sp³-hybridized carbons (Fsp3) is 0.905. The second-order valence-electron chi connectivity index (χ2n) is 9.78. The van der Waals surface area contributed by atoms with E-state index in [1.54, 1.807) is 0 Å². The monoisotopic (exact) mass is 332 g/mol. The molecular weight excluding hydrogens is 300 g/mol. The van der Waals surface area contributed by atoms with E-state index >= 15 is 0 Å². The summed E-state index contributed by atoms with van der Waals surface area (Å²) < 4.78 is 5.54. The van der Waals surface area contributed by atoms with E-state index in [0.717, 1.165) is 37.5 Å². The maximum atomic E-state index is 12.1. The van der Waals surface area contributed by atoms with E-state index in [2.05, 4.69) is 13.8 Å². The van der Waals surface area contributed by atoms with Gasteiger partial charge < -0.3 is 4.74 Å². The second kappa shape index (κ2) is 5.57. The van der Waals surface area contributed by atoms with Crippen molar-refractivity contribution in [2.24, 2.45) is 34.5 Å². The van der Waals surface area contributed by atoms with Gasteiger partial charge in [0, 0.05) is 19.8 Å². The maximum Gasteiger partial charge on any atom is 0.302 e. The Morgan fingerprint density at radius 1 is 1.08 bits per heavy atom. The van der Waals surface area contributed by atoms with Gasteiger partial charge in [0.25, 0.3) is 0 Å². The standard InChI is InChI=1S/C21H32O3/c1-13(22)24-16-6-9-21(3)14(10-16)4-5-17-18(21)7-8-20(2)12-15(23)11-19(17)20/h14,16-19H,4-12H2,1-3H3/t14-,16+,17-,18+,19+,20+,21-/m0/s1. The summed E-state index contributed by atoms with van der Waals surface area (Å²) in [4.78, 5) is 23.5. The quantitative estimate of drug-likeness (QED) is 0.663. The van der Waals surface area contributed by atoms with Gasteiger partial charge in [0.05, 0.1) is 0 Å². The Morgan fingerprint density at radius 3 is 2.62 bits per heavy atom. The Morgan fingerprint density at radius 2 is 1.88 bits per heavy atom. The van der Waals surface area contributed by atoms with Crippen LogP contribution in [0.15, 0.2) is 0 Å². The lowest BCUT2D eigenvalue weighted by Crippen LogP contribution is -2.53. The van der Waals surface area contributed by atoms with E-state index in [1.807, 2.05) is 0 Å². The molecule has 3 heteroatoms. The lowest BCUT2D eigenvalue weighted by molar-refractivity contribution is -0.159. The first-order chi connectivity index (χ1) is 11.3. The van der Waals surface area contributed by atoms with E-state index in [0.29, 0.717) is 23.0 Å². The molecule has 0 aromatic rings. The van der Waals surface area contributed by atoms with Crippen LogP contribution in [0, 0.1) is 34.5 Å². The third-order valence-electron chi connectivity index (χ3n) is 8.52. The van der Waals surface area contributed by atoms with Gasteiger partial charge in [-0.1, -0.05) is 13.8 Å². The first-order valence-electron chi connectivity index (χ1n) is 10.0. The number of carbonyl (C=O) groups excluding carboxylic acids is 2. The van der Waals surface area contributed by atoms with Crippen LogP contribution in [0.3, 0.4) is 0 Å². The van der Waals surface area contributed by atoms with Gasteiger partial charge in [-0.25, -0.2) is 0 Å². The van der Waals surface area contributed by atoms with Crippen LogP contribution in [0.2, 0.25) is 0 Å². The average molecular weight is 332 g/mol. The molecule has 4 aliphatic rings. The van der Waals surface area contributed by atoms with Crippen molar-refractivity contribution in [3.8, 4) is 0 Å². The van der Waals surface area contributed by atoms with Gasteiger partial charge in [0.15, 0.2) is 0 Å². The Balaban J connectivity index is 1.54. The number of Topliss-reactive ketones (excluding diaryl/α,β-unsaturated/α-hetero) is 1. The first-order valence-corrected chi connectivity index (χ1v) is 10.0. The Labute approximate surface area is 145 Å². The van der Waals surface area contributed by atoms with Crippen molar-refractivity contribution in [3.63, 3.8) is 0 Å². The molecular formula is C21H32O3. The highest BCUT2D eigenvalue weighted by atomic mass is 16.5. The minimum Gasteiger partial charge on any atom is -0.463 e. The average Bonchev–Trinajstić information content (AvgIpc) is 2.81. The molecule has 4 fully saturated rings. The van der Waals surface area contributed by atoms with E-state index in [-0.39, 0.29) is 17.5 Å². The lowest BCUT2D eigenvalue weighted by atomic mass is 9.45. The summed E-state index contributed by atoms with van der Waals surface area (Å²) in [6.45, 7) is 6.42. The van der Waals surface area contributed by atoms with Crippen molar-refractivity contribution in [2.75, 3.05) is 0 Å².